The van der Waals surface area contributed by atoms with Crippen LogP contribution < -0.4 is 0 Å². The first-order chi connectivity index (χ1) is 22.5. The molecule has 0 aliphatic carbocycles. The molecule has 0 aromatic heterocycles. The monoisotopic (exact) mass is 976 g/mol. The Labute approximate surface area is 341 Å². The first-order valence-corrected chi connectivity index (χ1v) is 56.7. The van der Waals surface area contributed by atoms with Crippen molar-refractivity contribution < 1.29 is 49.4 Å². The van der Waals surface area contributed by atoms with Gasteiger partial charge in [-0.15, -0.1) is 0 Å². The lowest BCUT2D eigenvalue weighted by molar-refractivity contribution is 0.0975. The van der Waals surface area contributed by atoms with Crippen molar-refractivity contribution in [1.82, 2.24) is 0 Å². The van der Waals surface area contributed by atoms with E-state index in [4.69, 9.17) is 49.4 Å². The van der Waals surface area contributed by atoms with Crippen LogP contribution in [0.5, 0.6) is 0 Å². The Balaban J connectivity index is 7.67. The molecule has 0 bridgehead atoms. The predicted octanol–water partition coefficient (Wildman–Crippen LogP) is 10.6. The second kappa shape index (κ2) is 18.1. The summed E-state index contributed by atoms with van der Waals surface area (Å²) < 4.78 is 83.6. The minimum absolute atomic E-state index is 1.94. The standard InChI is InChI=1S/C28H84O12Si13/c1-41(2,3)29-45(13,14)33-49(21,22)37-53(38-50(23,24)34-46(15,16)30-42(4,5)6,39-51(25,26)35-47(17,18)31-43(7,8)9)40-52(27,28)36-48(19,20)32-44(10,11)12/h1-28H3. The molecule has 0 saturated carbocycles. The van der Waals surface area contributed by atoms with Crippen molar-refractivity contribution in [2.75, 3.05) is 0 Å². The van der Waals surface area contributed by atoms with Gasteiger partial charge in [0.05, 0.1) is 0 Å². The largest absolute Gasteiger partial charge is 0.643 e. The van der Waals surface area contributed by atoms with Crippen molar-refractivity contribution >= 4 is 111 Å². The molecule has 0 aromatic rings. The Bertz CT molecular complexity index is 993. The van der Waals surface area contributed by atoms with Gasteiger partial charge in [0.1, 0.15) is 0 Å². The molecule has 53 heavy (non-hydrogen) atoms. The lowest BCUT2D eigenvalue weighted by Gasteiger charge is -2.48. The van der Waals surface area contributed by atoms with Gasteiger partial charge in [0.25, 0.3) is 0 Å². The zero-order chi connectivity index (χ0) is 43.0. The maximum Gasteiger partial charge on any atom is 0.643 e. The molecule has 0 radical (unpaired) electrons. The molecule has 0 aliphatic rings. The zero-order valence-corrected chi connectivity index (χ0v) is 52.4. The molecule has 0 heterocycles. The molecule has 0 aliphatic heterocycles. The summed E-state index contributed by atoms with van der Waals surface area (Å²) in [5, 5.41) is 0. The highest BCUT2D eigenvalue weighted by Gasteiger charge is 2.63. The van der Waals surface area contributed by atoms with Gasteiger partial charge in [0.2, 0.25) is 0 Å². The van der Waals surface area contributed by atoms with Crippen LogP contribution >= 0.6 is 0 Å². The molecule has 0 unspecified atom stereocenters. The van der Waals surface area contributed by atoms with Gasteiger partial charge in [-0.2, -0.15) is 0 Å². The van der Waals surface area contributed by atoms with Crippen molar-refractivity contribution in [3.63, 3.8) is 0 Å². The van der Waals surface area contributed by atoms with Gasteiger partial charge in [-0.25, -0.2) is 0 Å². The van der Waals surface area contributed by atoms with E-state index in [1.807, 2.05) is 52.4 Å². The highest BCUT2D eigenvalue weighted by Crippen LogP contribution is 2.36. The van der Waals surface area contributed by atoms with Crippen LogP contribution in [-0.2, 0) is 49.4 Å². The van der Waals surface area contributed by atoms with E-state index in [9.17, 15) is 0 Å². The Kier molecular flexibility index (Phi) is 18.9. The van der Waals surface area contributed by atoms with Gasteiger partial charge in [-0.05, 0) is 183 Å². The molecule has 0 fully saturated rings. The molecule has 25 heteroatoms. The summed E-state index contributed by atoms with van der Waals surface area (Å²) in [6.45, 7) is 58.8. The fourth-order valence-corrected chi connectivity index (χ4v) is 66.6. The highest BCUT2D eigenvalue weighted by atomic mass is 28.6. The molecule has 0 N–H and O–H groups in total. The second-order valence-electron chi connectivity index (χ2n) is 21.4. The average molecular weight is 978 g/mol. The number of hydrogen-bond acceptors (Lipinski definition) is 12. The summed E-state index contributed by atoms with van der Waals surface area (Å²) in [6.07, 6.45) is 0. The van der Waals surface area contributed by atoms with Crippen LogP contribution in [0, 0.1) is 0 Å². The van der Waals surface area contributed by atoms with Gasteiger partial charge in [0.15, 0.2) is 33.3 Å². The van der Waals surface area contributed by atoms with E-state index in [0.29, 0.717) is 0 Å². The summed E-state index contributed by atoms with van der Waals surface area (Å²) in [7, 11) is -35.4. The van der Waals surface area contributed by atoms with Crippen LogP contribution in [0.15, 0.2) is 0 Å². The molecule has 0 spiro atoms. The SMILES string of the molecule is C[Si](C)(C)O[Si](C)(C)O[Si](C)(C)O[Si](O[Si](C)(C)O[Si](C)(C)O[Si](C)(C)C)(O[Si](C)(C)O[Si](C)(C)O[Si](C)(C)C)O[Si](C)(C)O[Si](C)(C)O[Si](C)(C)C. The van der Waals surface area contributed by atoms with Gasteiger partial charge >= 0.3 is 77.5 Å². The molecular weight excluding hydrogens is 893 g/mol. The molecule has 320 valence electrons. The van der Waals surface area contributed by atoms with Crippen LogP contribution in [-0.4, -0.2) is 111 Å². The minimum Gasteiger partial charge on any atom is -0.437 e. The molecular formula is C28H84O12Si13. The van der Waals surface area contributed by atoms with Crippen LogP contribution in [0.4, 0.5) is 0 Å². The van der Waals surface area contributed by atoms with Gasteiger partial charge < -0.3 is 49.4 Å². The Morgan fingerprint density at radius 1 is 0.151 bits per heavy atom. The summed E-state index contributed by atoms with van der Waals surface area (Å²) >= 11 is 0. The first kappa shape index (κ1) is 55.3. The van der Waals surface area contributed by atoms with Crippen LogP contribution in [0.3, 0.4) is 0 Å². The molecule has 0 amide bonds. The third-order valence-corrected chi connectivity index (χ3v) is 50.9. The zero-order valence-electron chi connectivity index (χ0n) is 39.4. The van der Waals surface area contributed by atoms with E-state index in [2.05, 4.69) is 131 Å². The van der Waals surface area contributed by atoms with Crippen LogP contribution in [0.2, 0.25) is 183 Å². The van der Waals surface area contributed by atoms with Crippen molar-refractivity contribution in [3.8, 4) is 0 Å². The highest BCUT2D eigenvalue weighted by molar-refractivity contribution is 6.95. The fraction of sp³-hybridized carbons (Fsp3) is 1.00. The molecule has 0 saturated heterocycles. The van der Waals surface area contributed by atoms with Crippen molar-refractivity contribution in [2.24, 2.45) is 0 Å². The minimum atomic E-state index is -4.31. The summed E-state index contributed by atoms with van der Waals surface area (Å²) in [6, 6.07) is 0. The number of hydrogen-bond donors (Lipinski definition) is 0. The third-order valence-electron chi connectivity index (χ3n) is 5.66. The quantitative estimate of drug-likeness (QED) is 0.0859. The van der Waals surface area contributed by atoms with Gasteiger partial charge in [0, 0.05) is 0 Å². The summed E-state index contributed by atoms with van der Waals surface area (Å²) in [5.41, 5.74) is 0. The average Bonchev–Trinajstić information content (AvgIpc) is 2.58. The predicted molar refractivity (Wildman–Crippen MR) is 252 cm³/mol. The fourth-order valence-electron chi connectivity index (χ4n) is 6.81. The van der Waals surface area contributed by atoms with E-state index >= 15 is 0 Å². The summed E-state index contributed by atoms with van der Waals surface area (Å²) in [4.78, 5) is 0. The first-order valence-electron chi connectivity index (χ1n) is 18.9. The van der Waals surface area contributed by atoms with E-state index in [1.165, 1.54) is 0 Å². The van der Waals surface area contributed by atoms with Gasteiger partial charge in [-0.3, -0.25) is 0 Å². The molecule has 0 aromatic carbocycles. The van der Waals surface area contributed by atoms with Crippen molar-refractivity contribution in [2.45, 2.75) is 183 Å². The topological polar surface area (TPSA) is 111 Å². The lowest BCUT2D eigenvalue weighted by atomic mass is 11.8. The normalized spacial score (nSPS) is 16.1. The van der Waals surface area contributed by atoms with Crippen molar-refractivity contribution in [3.05, 3.63) is 0 Å². The third kappa shape index (κ3) is 26.9. The number of rotatable bonds is 24. The van der Waals surface area contributed by atoms with Crippen molar-refractivity contribution in [1.29, 1.82) is 0 Å². The van der Waals surface area contributed by atoms with Crippen LogP contribution in [0.1, 0.15) is 0 Å². The Morgan fingerprint density at radius 2 is 0.264 bits per heavy atom. The smallest absolute Gasteiger partial charge is 0.437 e. The maximum absolute atomic E-state index is 7.30. The Hall–Kier alpha value is 2.34. The van der Waals surface area contributed by atoms with Crippen LogP contribution in [0.25, 0.3) is 0 Å². The summed E-state index contributed by atoms with van der Waals surface area (Å²) in [5.74, 6) is 0. The second-order valence-corrected chi connectivity index (χ2v) is 71.5. The van der Waals surface area contributed by atoms with E-state index in [1.54, 1.807) is 0 Å². The Morgan fingerprint density at radius 3 is 0.377 bits per heavy atom. The molecule has 0 rings (SSSR count). The van der Waals surface area contributed by atoms with E-state index in [-0.39, 0.29) is 0 Å². The molecule has 12 nitrogen and oxygen atoms in total. The van der Waals surface area contributed by atoms with Gasteiger partial charge in [-0.1, -0.05) is 0 Å². The maximum atomic E-state index is 7.30. The van der Waals surface area contributed by atoms with E-state index in [0.717, 1.165) is 0 Å². The van der Waals surface area contributed by atoms with E-state index < -0.39 is 111 Å². The molecule has 0 atom stereocenters. The lowest BCUT2D eigenvalue weighted by Crippen LogP contribution is -2.71.